The van der Waals surface area contributed by atoms with Gasteiger partial charge < -0.3 is 4.90 Å². The van der Waals surface area contributed by atoms with Crippen LogP contribution < -0.4 is 4.90 Å². The van der Waals surface area contributed by atoms with Crippen LogP contribution in [0.3, 0.4) is 0 Å². The van der Waals surface area contributed by atoms with Crippen LogP contribution in [0.1, 0.15) is 21.5 Å². The third-order valence-electron chi connectivity index (χ3n) is 4.48. The molecule has 0 spiro atoms. The summed E-state index contributed by atoms with van der Waals surface area (Å²) in [5.74, 6) is -0.254. The summed E-state index contributed by atoms with van der Waals surface area (Å²) in [6.07, 6.45) is 0. The molecule has 0 unspecified atom stereocenters. The van der Waals surface area contributed by atoms with Gasteiger partial charge in [-0.15, -0.1) is 0 Å². The number of amides is 1. The zero-order valence-electron chi connectivity index (χ0n) is 15.6. The molecule has 0 saturated heterocycles. The van der Waals surface area contributed by atoms with Crippen LogP contribution in [-0.2, 0) is 15.6 Å². The average molecular weight is 458 g/mol. The number of sulfone groups is 1. The molecule has 0 radical (unpaired) electrons. The van der Waals surface area contributed by atoms with Crippen LogP contribution in [0.2, 0.25) is 0 Å². The van der Waals surface area contributed by atoms with Gasteiger partial charge in [0.1, 0.15) is 0 Å². The Morgan fingerprint density at radius 3 is 2.21 bits per heavy atom. The highest BCUT2D eigenvalue weighted by molar-refractivity contribution is 9.10. The van der Waals surface area contributed by atoms with Crippen LogP contribution in [0.5, 0.6) is 0 Å². The van der Waals surface area contributed by atoms with E-state index in [1.807, 2.05) is 25.1 Å². The Bertz CT molecular complexity index is 1090. The summed E-state index contributed by atoms with van der Waals surface area (Å²) >= 11 is 3.42. The second kappa shape index (κ2) is 8.29. The number of carbonyl (C=O) groups is 1. The Morgan fingerprint density at radius 1 is 0.964 bits per heavy atom. The Kier molecular flexibility index (Phi) is 6.01. The number of benzene rings is 3. The molecule has 3 rings (SSSR count). The van der Waals surface area contributed by atoms with E-state index >= 15 is 0 Å². The van der Waals surface area contributed by atoms with E-state index in [2.05, 4.69) is 15.9 Å². The van der Waals surface area contributed by atoms with Gasteiger partial charge in [0.2, 0.25) is 0 Å². The van der Waals surface area contributed by atoms with Gasteiger partial charge in [-0.1, -0.05) is 46.3 Å². The summed E-state index contributed by atoms with van der Waals surface area (Å²) in [5.41, 5.74) is 2.95. The molecule has 3 aromatic carbocycles. The Hall–Kier alpha value is -2.44. The van der Waals surface area contributed by atoms with Crippen LogP contribution >= 0.6 is 15.9 Å². The molecule has 0 fully saturated rings. The summed E-state index contributed by atoms with van der Waals surface area (Å²) in [7, 11) is -1.69. The number of rotatable bonds is 5. The first-order chi connectivity index (χ1) is 13.3. The second-order valence-corrected chi connectivity index (χ2v) is 9.47. The SMILES string of the molecule is Cc1cc(Br)ccc1N(C)C(=O)c1ccc(CS(=O)(=O)c2ccccc2)cc1. The molecule has 6 heteroatoms. The van der Waals surface area contributed by atoms with Crippen LogP contribution in [0.25, 0.3) is 0 Å². The fourth-order valence-corrected chi connectivity index (χ4v) is 4.82. The number of hydrogen-bond acceptors (Lipinski definition) is 3. The molecule has 0 aliphatic carbocycles. The van der Waals surface area contributed by atoms with Crippen molar-refractivity contribution in [3.05, 3.63) is 94.0 Å². The predicted molar refractivity (Wildman–Crippen MR) is 115 cm³/mol. The maximum atomic E-state index is 12.8. The largest absolute Gasteiger partial charge is 0.311 e. The van der Waals surface area contributed by atoms with Crippen molar-refractivity contribution in [3.8, 4) is 0 Å². The molecule has 0 aliphatic rings. The van der Waals surface area contributed by atoms with E-state index in [4.69, 9.17) is 0 Å². The molecular formula is C22H20BrNO3S. The van der Waals surface area contributed by atoms with Crippen LogP contribution in [0.15, 0.2) is 82.2 Å². The van der Waals surface area contributed by atoms with Gasteiger partial charge in [-0.25, -0.2) is 8.42 Å². The number of nitrogens with zero attached hydrogens (tertiary/aromatic N) is 1. The molecule has 0 heterocycles. The topological polar surface area (TPSA) is 54.5 Å². The van der Waals surface area contributed by atoms with E-state index in [0.29, 0.717) is 16.0 Å². The maximum absolute atomic E-state index is 12.8. The molecule has 0 saturated carbocycles. The van der Waals surface area contributed by atoms with Gasteiger partial charge in [0, 0.05) is 22.8 Å². The highest BCUT2D eigenvalue weighted by atomic mass is 79.9. The fraction of sp³-hybridized carbons (Fsp3) is 0.136. The quantitative estimate of drug-likeness (QED) is 0.540. The van der Waals surface area contributed by atoms with Crippen molar-refractivity contribution in [2.24, 2.45) is 0 Å². The van der Waals surface area contributed by atoms with Crippen molar-refractivity contribution in [3.63, 3.8) is 0 Å². The summed E-state index contributed by atoms with van der Waals surface area (Å²) in [6, 6.07) is 20.8. The number of halogens is 1. The summed E-state index contributed by atoms with van der Waals surface area (Å²) < 4.78 is 26.0. The van der Waals surface area contributed by atoms with Crippen LogP contribution in [0.4, 0.5) is 5.69 Å². The lowest BCUT2D eigenvalue weighted by atomic mass is 10.1. The number of aryl methyl sites for hydroxylation is 1. The lowest BCUT2D eigenvalue weighted by Gasteiger charge is -2.20. The van der Waals surface area contributed by atoms with Crippen molar-refractivity contribution >= 4 is 37.4 Å². The van der Waals surface area contributed by atoms with Gasteiger partial charge >= 0.3 is 0 Å². The molecule has 0 atom stereocenters. The molecule has 0 aliphatic heterocycles. The van der Waals surface area contributed by atoms with E-state index in [9.17, 15) is 13.2 Å². The first-order valence-corrected chi connectivity index (χ1v) is 11.1. The predicted octanol–water partition coefficient (Wildman–Crippen LogP) is 5.01. The first kappa shape index (κ1) is 20.3. The molecule has 144 valence electrons. The molecule has 1 amide bonds. The minimum atomic E-state index is -3.42. The lowest BCUT2D eigenvalue weighted by molar-refractivity contribution is 0.0993. The zero-order chi connectivity index (χ0) is 20.3. The van der Waals surface area contributed by atoms with Crippen LogP contribution in [0, 0.1) is 6.92 Å². The Labute approximate surface area is 173 Å². The normalized spacial score (nSPS) is 11.2. The average Bonchev–Trinajstić information content (AvgIpc) is 2.68. The van der Waals surface area contributed by atoms with E-state index in [1.54, 1.807) is 66.5 Å². The van der Waals surface area contributed by atoms with E-state index < -0.39 is 9.84 Å². The van der Waals surface area contributed by atoms with Crippen molar-refractivity contribution in [2.75, 3.05) is 11.9 Å². The highest BCUT2D eigenvalue weighted by Crippen LogP contribution is 2.24. The standard InChI is InChI=1S/C22H20BrNO3S/c1-16-14-19(23)12-13-21(16)24(2)22(25)18-10-8-17(9-11-18)15-28(26,27)20-6-4-3-5-7-20/h3-14H,15H2,1-2H3. The lowest BCUT2D eigenvalue weighted by Crippen LogP contribution is -2.26. The number of anilines is 1. The second-order valence-electron chi connectivity index (χ2n) is 6.56. The third kappa shape index (κ3) is 4.51. The van der Waals surface area contributed by atoms with E-state index in [1.165, 1.54) is 0 Å². The molecule has 4 nitrogen and oxygen atoms in total. The maximum Gasteiger partial charge on any atom is 0.258 e. The van der Waals surface area contributed by atoms with Crippen LogP contribution in [-0.4, -0.2) is 21.4 Å². The van der Waals surface area contributed by atoms with Crippen molar-refractivity contribution in [1.82, 2.24) is 0 Å². The van der Waals surface area contributed by atoms with E-state index in [-0.39, 0.29) is 11.7 Å². The summed E-state index contributed by atoms with van der Waals surface area (Å²) in [6.45, 7) is 1.95. The van der Waals surface area contributed by atoms with Gasteiger partial charge in [0.15, 0.2) is 9.84 Å². The van der Waals surface area contributed by atoms with Crippen molar-refractivity contribution < 1.29 is 13.2 Å². The molecular weight excluding hydrogens is 438 g/mol. The smallest absolute Gasteiger partial charge is 0.258 e. The van der Waals surface area contributed by atoms with Gasteiger partial charge in [-0.2, -0.15) is 0 Å². The third-order valence-corrected chi connectivity index (χ3v) is 6.68. The first-order valence-electron chi connectivity index (χ1n) is 8.69. The molecule has 28 heavy (non-hydrogen) atoms. The zero-order valence-corrected chi connectivity index (χ0v) is 18.0. The minimum absolute atomic E-state index is 0.104. The van der Waals surface area contributed by atoms with Gasteiger partial charge in [0.05, 0.1) is 10.6 Å². The summed E-state index contributed by atoms with van der Waals surface area (Å²) in [4.78, 5) is 14.7. The molecule has 0 bridgehead atoms. The number of hydrogen-bond donors (Lipinski definition) is 0. The monoisotopic (exact) mass is 457 g/mol. The minimum Gasteiger partial charge on any atom is -0.311 e. The molecule has 3 aromatic rings. The Balaban J connectivity index is 1.77. The number of carbonyl (C=O) groups excluding carboxylic acids is 1. The van der Waals surface area contributed by atoms with E-state index in [0.717, 1.165) is 15.7 Å². The highest BCUT2D eigenvalue weighted by Gasteiger charge is 2.17. The van der Waals surface area contributed by atoms with Crippen molar-refractivity contribution in [2.45, 2.75) is 17.6 Å². The van der Waals surface area contributed by atoms with Gasteiger partial charge in [-0.3, -0.25) is 4.79 Å². The summed E-state index contributed by atoms with van der Waals surface area (Å²) in [5, 5.41) is 0. The van der Waals surface area contributed by atoms with Gasteiger partial charge in [0.25, 0.3) is 5.91 Å². The molecule has 0 aromatic heterocycles. The van der Waals surface area contributed by atoms with Gasteiger partial charge in [-0.05, 0) is 60.5 Å². The molecule has 0 N–H and O–H groups in total. The van der Waals surface area contributed by atoms with Crippen molar-refractivity contribution in [1.29, 1.82) is 0 Å². The Morgan fingerprint density at radius 2 is 1.61 bits per heavy atom. The fourth-order valence-electron chi connectivity index (χ4n) is 2.97.